The molecule has 0 saturated heterocycles. The van der Waals surface area contributed by atoms with Gasteiger partial charge in [0.1, 0.15) is 0 Å². The van der Waals surface area contributed by atoms with Crippen molar-refractivity contribution in [2.45, 2.75) is 26.8 Å². The van der Waals surface area contributed by atoms with E-state index in [0.717, 1.165) is 28.7 Å². The van der Waals surface area contributed by atoms with Gasteiger partial charge in [0.2, 0.25) is 0 Å². The van der Waals surface area contributed by atoms with Gasteiger partial charge in [-0.15, -0.1) is 0 Å². The molecule has 0 aromatic heterocycles. The van der Waals surface area contributed by atoms with Crippen molar-refractivity contribution >= 4 is 16.7 Å². The molecule has 0 rings (SSSR count). The van der Waals surface area contributed by atoms with E-state index < -0.39 is 0 Å². The average molecular weight is 162 g/mol. The maximum atomic E-state index is 3.35. The van der Waals surface area contributed by atoms with E-state index in [-0.39, 0.29) is 0 Å². The fraction of sp³-hybridized carbons (Fsp3) is 1.00. The molecule has 0 aliphatic carbocycles. The molecule has 0 saturated carbocycles. The molecule has 7 heavy (non-hydrogen) atoms. The zero-order chi connectivity index (χ0) is 5.86. The van der Waals surface area contributed by atoms with Gasteiger partial charge in [0, 0.05) is 0 Å². The van der Waals surface area contributed by atoms with Crippen LogP contribution >= 0.6 is 0 Å². The number of nitrogens with one attached hydrogen (secondary N) is 1. The minimum atomic E-state index is 0.736. The van der Waals surface area contributed by atoms with Crippen molar-refractivity contribution in [1.82, 2.24) is 4.27 Å². The van der Waals surface area contributed by atoms with Crippen molar-refractivity contribution in [2.24, 2.45) is 5.92 Å². The van der Waals surface area contributed by atoms with Crippen LogP contribution in [0.15, 0.2) is 0 Å². The normalized spacial score (nSPS) is 15.4. The molecule has 0 heterocycles. The molecular formula is C5H15GeN. The first-order valence-corrected chi connectivity index (χ1v) is 4.95. The number of rotatable bonds is 2. The molecule has 0 aliphatic rings. The Hall–Kier alpha value is 0.503. The molecule has 44 valence electrons. The van der Waals surface area contributed by atoms with Crippen molar-refractivity contribution < 1.29 is 0 Å². The molecule has 0 aliphatic heterocycles. The zero-order valence-corrected chi connectivity index (χ0v) is 9.85. The van der Waals surface area contributed by atoms with Crippen LogP contribution in [0.2, 0.25) is 0 Å². The molecule has 1 unspecified atom stereocenters. The Morgan fingerprint density at radius 3 is 1.71 bits per heavy atom. The van der Waals surface area contributed by atoms with Crippen LogP contribution in [0.5, 0.6) is 0 Å². The van der Waals surface area contributed by atoms with Crippen molar-refractivity contribution in [2.75, 3.05) is 0 Å². The summed E-state index contributed by atoms with van der Waals surface area (Å²) in [4.78, 5) is 0. The van der Waals surface area contributed by atoms with Gasteiger partial charge in [-0.3, -0.25) is 0 Å². The van der Waals surface area contributed by atoms with Crippen LogP contribution in [0.3, 0.4) is 0 Å². The summed E-state index contributed by atoms with van der Waals surface area (Å²) in [5.74, 6) is 0.802. The van der Waals surface area contributed by atoms with Gasteiger partial charge in [-0.2, -0.15) is 0 Å². The van der Waals surface area contributed by atoms with Gasteiger partial charge in [0.15, 0.2) is 0 Å². The SMILES string of the molecule is CC(C)C(C)[NH][GeH3]. The van der Waals surface area contributed by atoms with Gasteiger partial charge in [-0.25, -0.2) is 0 Å². The van der Waals surface area contributed by atoms with Crippen LogP contribution < -0.4 is 4.27 Å². The van der Waals surface area contributed by atoms with E-state index in [1.807, 2.05) is 0 Å². The topological polar surface area (TPSA) is 12.0 Å². The summed E-state index contributed by atoms with van der Waals surface area (Å²) < 4.78 is 3.35. The fourth-order valence-corrected chi connectivity index (χ4v) is 1.73. The van der Waals surface area contributed by atoms with Gasteiger partial charge in [-0.1, -0.05) is 0 Å². The fourth-order valence-electron chi connectivity index (χ4n) is 0.333. The van der Waals surface area contributed by atoms with Gasteiger partial charge in [0.25, 0.3) is 0 Å². The van der Waals surface area contributed by atoms with Crippen LogP contribution in [0.25, 0.3) is 0 Å². The average Bonchev–Trinajstić information content (AvgIpc) is 1.65. The van der Waals surface area contributed by atoms with Crippen LogP contribution in [0, 0.1) is 5.92 Å². The van der Waals surface area contributed by atoms with Crippen LogP contribution in [-0.4, -0.2) is 22.8 Å². The van der Waals surface area contributed by atoms with Gasteiger partial charge in [0.05, 0.1) is 0 Å². The first kappa shape index (κ1) is 7.50. The van der Waals surface area contributed by atoms with Crippen molar-refractivity contribution in [3.63, 3.8) is 0 Å². The molecule has 1 atom stereocenters. The van der Waals surface area contributed by atoms with E-state index in [0.29, 0.717) is 0 Å². The summed E-state index contributed by atoms with van der Waals surface area (Å²) in [5.41, 5.74) is 0. The Kier molecular flexibility index (Phi) is 3.75. The molecule has 0 aromatic carbocycles. The predicted molar refractivity (Wildman–Crippen MR) is 37.4 cm³/mol. The Morgan fingerprint density at radius 1 is 1.29 bits per heavy atom. The van der Waals surface area contributed by atoms with Crippen LogP contribution in [0.4, 0.5) is 0 Å². The Labute approximate surface area is 54.3 Å². The van der Waals surface area contributed by atoms with E-state index in [2.05, 4.69) is 25.0 Å². The van der Waals surface area contributed by atoms with Crippen molar-refractivity contribution in [1.29, 1.82) is 0 Å². The third-order valence-electron chi connectivity index (χ3n) is 1.46. The summed E-state index contributed by atoms with van der Waals surface area (Å²) in [5, 5.41) is 0. The quantitative estimate of drug-likeness (QED) is 0.559. The zero-order valence-electron chi connectivity index (χ0n) is 5.65. The van der Waals surface area contributed by atoms with E-state index in [1.54, 1.807) is 0 Å². The van der Waals surface area contributed by atoms with E-state index >= 15 is 0 Å². The molecule has 0 radical (unpaired) electrons. The molecule has 0 fully saturated rings. The molecule has 0 spiro atoms. The minimum absolute atomic E-state index is 0.736. The van der Waals surface area contributed by atoms with Crippen LogP contribution in [-0.2, 0) is 0 Å². The van der Waals surface area contributed by atoms with Gasteiger partial charge in [-0.05, 0) is 0 Å². The standard InChI is InChI=1S/C5H15GeN/c1-4(2)5(3)7-6/h4-5,7H,1-3,6H3. The summed E-state index contributed by atoms with van der Waals surface area (Å²) in [6, 6.07) is 0.736. The second-order valence-corrected chi connectivity index (χ2v) is 3.53. The summed E-state index contributed by atoms with van der Waals surface area (Å²) in [6.45, 7) is 6.71. The monoisotopic (exact) mass is 163 g/mol. The summed E-state index contributed by atoms with van der Waals surface area (Å²) in [7, 11) is 0. The second-order valence-electron chi connectivity index (χ2n) is 2.32. The third-order valence-corrected chi connectivity index (χ3v) is 3.37. The van der Waals surface area contributed by atoms with Gasteiger partial charge < -0.3 is 0 Å². The maximum absolute atomic E-state index is 3.35. The summed E-state index contributed by atoms with van der Waals surface area (Å²) in [6.07, 6.45) is 0. The Morgan fingerprint density at radius 2 is 1.71 bits per heavy atom. The first-order chi connectivity index (χ1) is 3.18. The first-order valence-electron chi connectivity index (χ1n) is 2.85. The summed E-state index contributed by atoms with van der Waals surface area (Å²) >= 11 is 0.816. The van der Waals surface area contributed by atoms with E-state index in [4.69, 9.17) is 0 Å². The van der Waals surface area contributed by atoms with Crippen LogP contribution in [0.1, 0.15) is 20.8 Å². The second kappa shape index (κ2) is 3.50. The Bertz CT molecular complexity index is 45.3. The molecule has 0 amide bonds. The number of hydrogen-bond acceptors (Lipinski definition) is 1. The molecule has 0 aromatic rings. The molecule has 0 bridgehead atoms. The molecule has 2 heteroatoms. The van der Waals surface area contributed by atoms with E-state index in [1.165, 1.54) is 0 Å². The molecule has 1 nitrogen and oxygen atoms in total. The van der Waals surface area contributed by atoms with Crippen molar-refractivity contribution in [3.8, 4) is 0 Å². The number of hydrogen-bond donors (Lipinski definition) is 1. The molecular weight excluding hydrogens is 147 g/mol. The predicted octanol–water partition coefficient (Wildman–Crippen LogP) is -0.0991. The van der Waals surface area contributed by atoms with Crippen molar-refractivity contribution in [3.05, 3.63) is 0 Å². The third kappa shape index (κ3) is 3.12. The molecule has 1 N–H and O–H groups in total. The van der Waals surface area contributed by atoms with E-state index in [9.17, 15) is 0 Å². The Balaban J connectivity index is 3.14. The van der Waals surface area contributed by atoms with Gasteiger partial charge >= 0.3 is 53.7 Å².